The van der Waals surface area contributed by atoms with E-state index in [1.165, 1.54) is 0 Å². The van der Waals surface area contributed by atoms with Crippen molar-refractivity contribution in [3.05, 3.63) is 0 Å². The van der Waals surface area contributed by atoms with Crippen LogP contribution in [0.2, 0.25) is 0 Å². The van der Waals surface area contributed by atoms with E-state index in [1.807, 2.05) is 0 Å². The number of hydrogen-bond donors (Lipinski definition) is 0. The van der Waals surface area contributed by atoms with Gasteiger partial charge >= 0.3 is 24.2 Å². The lowest BCUT2D eigenvalue weighted by Crippen LogP contribution is -2.62. The van der Waals surface area contributed by atoms with Crippen molar-refractivity contribution < 1.29 is 48.6 Å². The van der Waals surface area contributed by atoms with Crippen LogP contribution in [0.5, 0.6) is 0 Å². The number of hydrogen-bond acceptors (Lipinski definition) is 1. The van der Waals surface area contributed by atoms with Gasteiger partial charge in [-0.25, -0.2) is 0 Å². The van der Waals surface area contributed by atoms with Gasteiger partial charge in [0, 0.05) is 6.61 Å². The molecule has 1 nitrogen and oxygen atoms in total. The van der Waals surface area contributed by atoms with Gasteiger partial charge in [-0.3, -0.25) is 0 Å². The highest BCUT2D eigenvalue weighted by Crippen LogP contribution is 2.51. The number of ether oxygens (including phenoxy) is 1. The number of rotatable bonds is 4. The van der Waals surface area contributed by atoms with Crippen LogP contribution in [0.4, 0.5) is 43.9 Å². The van der Waals surface area contributed by atoms with Crippen molar-refractivity contribution in [3.8, 4) is 0 Å². The Hall–Kier alpha value is -0.740. The Kier molecular flexibility index (Phi) is 4.55. The third-order valence-corrected chi connectivity index (χ3v) is 1.73. The lowest BCUT2D eigenvalue weighted by molar-refractivity contribution is -0.399. The second-order valence-corrected chi connectivity index (χ2v) is 3.07. The normalized spacial score (nSPS) is 16.8. The molecule has 0 fully saturated rings. The molecule has 0 radical (unpaired) electrons. The minimum Gasteiger partial charge on any atom is -0.363 e. The predicted molar refractivity (Wildman–Crippen MR) is 37.4 cm³/mol. The van der Waals surface area contributed by atoms with Gasteiger partial charge in [-0.2, -0.15) is 43.9 Å². The first-order valence-corrected chi connectivity index (χ1v) is 4.20. The summed E-state index contributed by atoms with van der Waals surface area (Å²) in [5.41, 5.74) is 0. The Morgan fingerprint density at radius 3 is 1.44 bits per heavy atom. The van der Waals surface area contributed by atoms with E-state index < -0.39 is 36.9 Å². The molecule has 1 atom stereocenters. The van der Waals surface area contributed by atoms with E-state index in [-0.39, 0.29) is 0 Å². The zero-order chi connectivity index (χ0) is 15.0. The van der Waals surface area contributed by atoms with Gasteiger partial charge in [0.15, 0.2) is 0 Å². The second kappa shape index (κ2) is 4.74. The van der Waals surface area contributed by atoms with Crippen LogP contribution in [0, 0.1) is 0 Å². The molecular formula is C7H6F10O. The Bertz CT molecular complexity index is 277. The van der Waals surface area contributed by atoms with Crippen molar-refractivity contribution in [2.75, 3.05) is 6.61 Å². The van der Waals surface area contributed by atoms with E-state index in [0.29, 0.717) is 0 Å². The van der Waals surface area contributed by atoms with Crippen LogP contribution >= 0.6 is 0 Å². The molecule has 0 saturated heterocycles. The summed E-state index contributed by atoms with van der Waals surface area (Å²) in [5.74, 6) is -13.3. The van der Waals surface area contributed by atoms with E-state index in [9.17, 15) is 43.9 Å². The number of halogens is 10. The molecule has 0 N–H and O–H groups in total. The molecule has 1 unspecified atom stereocenters. The fourth-order valence-corrected chi connectivity index (χ4v) is 0.925. The fraction of sp³-hybridized carbons (Fsp3) is 1.00. The standard InChI is InChI=1S/C7H6F10O/c1-2-18-3(5(10,11)12)4(8,9)6(13,14)7(15,16)17/h3H,2H2,1H3. The molecule has 0 aromatic heterocycles. The molecule has 0 heterocycles. The van der Waals surface area contributed by atoms with Crippen LogP contribution < -0.4 is 0 Å². The van der Waals surface area contributed by atoms with Gasteiger partial charge in [-0.1, -0.05) is 0 Å². The maximum absolute atomic E-state index is 12.7. The van der Waals surface area contributed by atoms with Crippen LogP contribution in [0.25, 0.3) is 0 Å². The summed E-state index contributed by atoms with van der Waals surface area (Å²) in [4.78, 5) is 0. The lowest BCUT2D eigenvalue weighted by atomic mass is 10.0. The SMILES string of the molecule is CCOC(C(F)(F)F)C(F)(F)C(F)(F)C(F)(F)F. The average Bonchev–Trinajstić information content (AvgIpc) is 2.09. The van der Waals surface area contributed by atoms with E-state index in [4.69, 9.17) is 0 Å². The smallest absolute Gasteiger partial charge is 0.363 e. The van der Waals surface area contributed by atoms with Crippen LogP contribution in [0.1, 0.15) is 6.92 Å². The molecule has 0 rings (SSSR count). The fourth-order valence-electron chi connectivity index (χ4n) is 0.925. The molecule has 0 aromatic rings. The van der Waals surface area contributed by atoms with Gasteiger partial charge in [-0.05, 0) is 6.92 Å². The maximum Gasteiger partial charge on any atom is 0.459 e. The Balaban J connectivity index is 5.57. The summed E-state index contributed by atoms with van der Waals surface area (Å²) < 4.78 is 125. The topological polar surface area (TPSA) is 9.23 Å². The molecule has 0 aliphatic rings. The Labute approximate surface area is 93.7 Å². The largest absolute Gasteiger partial charge is 0.459 e. The van der Waals surface area contributed by atoms with Crippen molar-refractivity contribution >= 4 is 0 Å². The first-order chi connectivity index (χ1) is 7.69. The van der Waals surface area contributed by atoms with E-state index in [1.54, 1.807) is 0 Å². The van der Waals surface area contributed by atoms with Gasteiger partial charge in [0.1, 0.15) is 0 Å². The highest BCUT2D eigenvalue weighted by atomic mass is 19.4. The zero-order valence-electron chi connectivity index (χ0n) is 8.47. The first-order valence-electron chi connectivity index (χ1n) is 4.20. The molecule has 0 saturated carbocycles. The van der Waals surface area contributed by atoms with Crippen LogP contribution in [-0.4, -0.2) is 36.9 Å². The monoisotopic (exact) mass is 296 g/mol. The van der Waals surface area contributed by atoms with Crippen molar-refractivity contribution in [1.82, 2.24) is 0 Å². The van der Waals surface area contributed by atoms with Crippen molar-refractivity contribution in [2.45, 2.75) is 37.2 Å². The quantitative estimate of drug-likeness (QED) is 0.717. The average molecular weight is 296 g/mol. The maximum atomic E-state index is 12.7. The molecule has 18 heavy (non-hydrogen) atoms. The molecule has 0 amide bonds. The minimum absolute atomic E-state index is 0.737. The molecule has 0 aliphatic heterocycles. The van der Waals surface area contributed by atoms with Crippen LogP contribution in [0.3, 0.4) is 0 Å². The molecule has 0 bridgehead atoms. The zero-order valence-corrected chi connectivity index (χ0v) is 8.47. The molecule has 110 valence electrons. The van der Waals surface area contributed by atoms with Gasteiger partial charge in [0.25, 0.3) is 0 Å². The van der Waals surface area contributed by atoms with Gasteiger partial charge in [0.2, 0.25) is 6.10 Å². The molecule has 0 spiro atoms. The number of alkyl halides is 10. The summed E-state index contributed by atoms with van der Waals surface area (Å²) in [6.45, 7) is -0.381. The molecular weight excluding hydrogens is 290 g/mol. The van der Waals surface area contributed by atoms with E-state index in [2.05, 4.69) is 4.74 Å². The highest BCUT2D eigenvalue weighted by molar-refractivity contribution is 4.99. The first kappa shape index (κ1) is 17.3. The summed E-state index contributed by atoms with van der Waals surface area (Å²) in [7, 11) is 0. The van der Waals surface area contributed by atoms with Crippen molar-refractivity contribution in [2.24, 2.45) is 0 Å². The summed E-state index contributed by atoms with van der Waals surface area (Å²) in [6.07, 6.45) is -17.5. The molecule has 0 aliphatic carbocycles. The Morgan fingerprint density at radius 1 is 0.833 bits per heavy atom. The summed E-state index contributed by atoms with van der Waals surface area (Å²) in [5, 5.41) is 0. The van der Waals surface area contributed by atoms with E-state index >= 15 is 0 Å². The minimum atomic E-state index is -6.87. The van der Waals surface area contributed by atoms with Crippen LogP contribution in [-0.2, 0) is 4.74 Å². The summed E-state index contributed by atoms with van der Waals surface area (Å²) >= 11 is 0. The van der Waals surface area contributed by atoms with Gasteiger partial charge in [0.05, 0.1) is 0 Å². The second-order valence-electron chi connectivity index (χ2n) is 3.07. The highest BCUT2D eigenvalue weighted by Gasteiger charge is 2.79. The van der Waals surface area contributed by atoms with Crippen molar-refractivity contribution in [1.29, 1.82) is 0 Å². The van der Waals surface area contributed by atoms with Crippen LogP contribution in [0.15, 0.2) is 0 Å². The third kappa shape index (κ3) is 2.98. The van der Waals surface area contributed by atoms with Gasteiger partial charge in [-0.15, -0.1) is 0 Å². The molecule has 11 heteroatoms. The van der Waals surface area contributed by atoms with Crippen molar-refractivity contribution in [3.63, 3.8) is 0 Å². The summed E-state index contributed by atoms with van der Waals surface area (Å²) in [6, 6.07) is 0. The predicted octanol–water partition coefficient (Wildman–Crippen LogP) is 3.79. The van der Waals surface area contributed by atoms with E-state index in [0.717, 1.165) is 6.92 Å². The molecule has 0 aromatic carbocycles. The third-order valence-electron chi connectivity index (χ3n) is 1.73. The van der Waals surface area contributed by atoms with Gasteiger partial charge < -0.3 is 4.74 Å². The Morgan fingerprint density at radius 2 is 1.22 bits per heavy atom. The lowest BCUT2D eigenvalue weighted by Gasteiger charge is -2.34.